The molecule has 0 aromatic carbocycles. The normalized spacial score (nSPS) is 11.2. The summed E-state index contributed by atoms with van der Waals surface area (Å²) in [4.78, 5) is 21.2. The number of carbonyl (C=O) groups is 1. The topological polar surface area (TPSA) is 105 Å². The molecule has 0 atom stereocenters. The second-order valence-corrected chi connectivity index (χ2v) is 3.41. The largest absolute Gasteiger partial charge is 0.409 e. The lowest BCUT2D eigenvalue weighted by Gasteiger charge is -2.20. The molecule has 0 radical (unpaired) electrons. The van der Waals surface area contributed by atoms with E-state index in [4.69, 9.17) is 10.9 Å². The number of hydrogen-bond acceptors (Lipinski definition) is 5. The number of hydrogen-bond donors (Lipinski definition) is 2. The highest BCUT2D eigenvalue weighted by molar-refractivity contribution is 5.95. The molecule has 0 saturated heterocycles. The zero-order valence-electron chi connectivity index (χ0n) is 9.58. The van der Waals surface area contributed by atoms with Crippen molar-refractivity contribution in [1.29, 1.82) is 0 Å². The second-order valence-electron chi connectivity index (χ2n) is 3.41. The minimum atomic E-state index is -0.286. The Morgan fingerprint density at radius 3 is 2.88 bits per heavy atom. The van der Waals surface area contributed by atoms with E-state index >= 15 is 0 Å². The predicted molar refractivity (Wildman–Crippen MR) is 61.6 cm³/mol. The molecule has 0 fully saturated rings. The molecule has 0 aliphatic carbocycles. The van der Waals surface area contributed by atoms with Crippen molar-refractivity contribution >= 4 is 11.7 Å². The number of carbonyl (C=O) groups excluding carboxylic acids is 1. The van der Waals surface area contributed by atoms with Crippen molar-refractivity contribution < 1.29 is 10.0 Å². The van der Waals surface area contributed by atoms with Crippen molar-refractivity contribution in [3.63, 3.8) is 0 Å². The fourth-order valence-corrected chi connectivity index (χ4v) is 1.32. The maximum atomic E-state index is 12.0. The van der Waals surface area contributed by atoms with Gasteiger partial charge < -0.3 is 15.8 Å². The van der Waals surface area contributed by atoms with Crippen molar-refractivity contribution in [3.8, 4) is 0 Å². The monoisotopic (exact) mass is 237 g/mol. The van der Waals surface area contributed by atoms with Crippen LogP contribution in [-0.4, -0.2) is 44.9 Å². The van der Waals surface area contributed by atoms with Gasteiger partial charge in [-0.2, -0.15) is 0 Å². The Morgan fingerprint density at radius 1 is 1.59 bits per heavy atom. The van der Waals surface area contributed by atoms with E-state index in [1.807, 2.05) is 6.92 Å². The summed E-state index contributed by atoms with van der Waals surface area (Å²) in [6.45, 7) is 2.51. The van der Waals surface area contributed by atoms with Crippen molar-refractivity contribution in [2.24, 2.45) is 10.9 Å². The highest BCUT2D eigenvalue weighted by Gasteiger charge is 2.17. The van der Waals surface area contributed by atoms with Gasteiger partial charge >= 0.3 is 0 Å². The molecular formula is C10H15N5O2. The predicted octanol–water partition coefficient (Wildman–Crippen LogP) is 0.0752. The smallest absolute Gasteiger partial charge is 0.274 e. The van der Waals surface area contributed by atoms with Gasteiger partial charge in [-0.15, -0.1) is 0 Å². The number of amidine groups is 1. The summed E-state index contributed by atoms with van der Waals surface area (Å²) in [6.07, 6.45) is 5.09. The van der Waals surface area contributed by atoms with Gasteiger partial charge in [0.15, 0.2) is 5.84 Å². The summed E-state index contributed by atoms with van der Waals surface area (Å²) in [5.41, 5.74) is 5.63. The highest BCUT2D eigenvalue weighted by atomic mass is 16.4. The maximum Gasteiger partial charge on any atom is 0.274 e. The average Bonchev–Trinajstić information content (AvgIpc) is 2.38. The van der Waals surface area contributed by atoms with Crippen LogP contribution in [0.3, 0.4) is 0 Å². The van der Waals surface area contributed by atoms with Gasteiger partial charge in [0.05, 0.1) is 12.7 Å². The molecule has 17 heavy (non-hydrogen) atoms. The van der Waals surface area contributed by atoms with E-state index in [0.29, 0.717) is 6.54 Å². The molecule has 0 spiro atoms. The first-order valence-corrected chi connectivity index (χ1v) is 5.20. The van der Waals surface area contributed by atoms with Gasteiger partial charge in [0.25, 0.3) is 5.91 Å². The van der Waals surface area contributed by atoms with Crippen LogP contribution >= 0.6 is 0 Å². The summed E-state index contributed by atoms with van der Waals surface area (Å²) >= 11 is 0. The third-order valence-corrected chi connectivity index (χ3v) is 2.04. The van der Waals surface area contributed by atoms with Crippen molar-refractivity contribution in [2.45, 2.75) is 13.3 Å². The summed E-state index contributed by atoms with van der Waals surface area (Å²) in [6, 6.07) is 0. The maximum absolute atomic E-state index is 12.0. The third kappa shape index (κ3) is 3.71. The number of nitrogens with zero attached hydrogens (tertiary/aromatic N) is 4. The zero-order valence-corrected chi connectivity index (χ0v) is 9.58. The molecule has 0 aliphatic heterocycles. The molecular weight excluding hydrogens is 222 g/mol. The number of nitrogens with two attached hydrogens (primary N) is 1. The van der Waals surface area contributed by atoms with Crippen molar-refractivity contribution in [1.82, 2.24) is 14.9 Å². The molecule has 0 unspecified atom stereocenters. The van der Waals surface area contributed by atoms with Crippen molar-refractivity contribution in [3.05, 3.63) is 24.3 Å². The lowest BCUT2D eigenvalue weighted by Crippen LogP contribution is -2.39. The standard InChI is InChI=1S/C10H15N5O2/c1-2-5-15(7-9(11)14-17)10(16)8-6-12-3-4-13-8/h3-4,6,17H,2,5,7H2,1H3,(H2,11,14). The van der Waals surface area contributed by atoms with Crippen LogP contribution in [0.15, 0.2) is 23.7 Å². The molecule has 92 valence electrons. The number of rotatable bonds is 5. The lowest BCUT2D eigenvalue weighted by molar-refractivity contribution is 0.0772. The van der Waals surface area contributed by atoms with Gasteiger partial charge in [-0.05, 0) is 6.42 Å². The summed E-state index contributed by atoms with van der Waals surface area (Å²) in [5.74, 6) is -0.303. The molecule has 7 nitrogen and oxygen atoms in total. The fraction of sp³-hybridized carbons (Fsp3) is 0.400. The van der Waals surface area contributed by atoms with Gasteiger partial charge in [-0.1, -0.05) is 12.1 Å². The van der Waals surface area contributed by atoms with Crippen LogP contribution < -0.4 is 5.73 Å². The Labute approximate surface area is 99.0 Å². The highest BCUT2D eigenvalue weighted by Crippen LogP contribution is 2.01. The fourth-order valence-electron chi connectivity index (χ4n) is 1.32. The van der Waals surface area contributed by atoms with Crippen LogP contribution in [0.1, 0.15) is 23.8 Å². The Kier molecular flexibility index (Phi) is 4.86. The van der Waals surface area contributed by atoms with E-state index in [9.17, 15) is 4.79 Å². The Hall–Kier alpha value is -2.18. The zero-order chi connectivity index (χ0) is 12.7. The summed E-state index contributed by atoms with van der Waals surface area (Å²) in [7, 11) is 0. The minimum Gasteiger partial charge on any atom is -0.409 e. The molecule has 1 amide bonds. The summed E-state index contributed by atoms with van der Waals surface area (Å²) < 4.78 is 0. The quantitative estimate of drug-likeness (QED) is 0.326. The number of oxime groups is 1. The Bertz CT molecular complexity index is 393. The van der Waals surface area contributed by atoms with E-state index < -0.39 is 0 Å². The van der Waals surface area contributed by atoms with E-state index in [-0.39, 0.29) is 24.0 Å². The summed E-state index contributed by atoms with van der Waals surface area (Å²) in [5, 5.41) is 11.4. The van der Waals surface area contributed by atoms with E-state index in [0.717, 1.165) is 6.42 Å². The Morgan fingerprint density at radius 2 is 2.35 bits per heavy atom. The first kappa shape index (κ1) is 12.9. The first-order valence-electron chi connectivity index (χ1n) is 5.20. The first-order chi connectivity index (χ1) is 8.19. The molecule has 7 heteroatoms. The minimum absolute atomic E-state index is 0.0179. The van der Waals surface area contributed by atoms with Crippen molar-refractivity contribution in [2.75, 3.05) is 13.1 Å². The molecule has 3 N–H and O–H groups in total. The van der Waals surface area contributed by atoms with Gasteiger partial charge in [-0.3, -0.25) is 9.78 Å². The molecule has 1 aromatic heterocycles. The van der Waals surface area contributed by atoms with Crippen LogP contribution in [0.4, 0.5) is 0 Å². The van der Waals surface area contributed by atoms with Crippen LogP contribution in [0.25, 0.3) is 0 Å². The second kappa shape index (κ2) is 6.41. The van der Waals surface area contributed by atoms with Gasteiger partial charge in [0.2, 0.25) is 0 Å². The van der Waals surface area contributed by atoms with Crippen LogP contribution in [-0.2, 0) is 0 Å². The van der Waals surface area contributed by atoms with E-state index in [1.54, 1.807) is 0 Å². The Balaban J connectivity index is 2.80. The molecule has 0 bridgehead atoms. The number of aromatic nitrogens is 2. The van der Waals surface area contributed by atoms with Crippen LogP contribution in [0, 0.1) is 0 Å². The number of amides is 1. The van der Waals surface area contributed by atoms with Crippen LogP contribution in [0.2, 0.25) is 0 Å². The molecule has 1 heterocycles. The third-order valence-electron chi connectivity index (χ3n) is 2.04. The van der Waals surface area contributed by atoms with Gasteiger partial charge in [0.1, 0.15) is 5.69 Å². The molecule has 1 aromatic rings. The van der Waals surface area contributed by atoms with Gasteiger partial charge in [0, 0.05) is 18.9 Å². The average molecular weight is 237 g/mol. The molecule has 0 saturated carbocycles. The van der Waals surface area contributed by atoms with Gasteiger partial charge in [-0.25, -0.2) is 4.98 Å². The van der Waals surface area contributed by atoms with E-state index in [1.165, 1.54) is 23.5 Å². The lowest BCUT2D eigenvalue weighted by atomic mass is 10.3. The SMILES string of the molecule is CCCN(CC(N)=NO)C(=O)c1cnccn1. The molecule has 0 aliphatic rings. The van der Waals surface area contributed by atoms with E-state index in [2.05, 4.69) is 15.1 Å². The molecule has 1 rings (SSSR count). The van der Waals surface area contributed by atoms with Crippen LogP contribution in [0.5, 0.6) is 0 Å².